The Bertz CT molecular complexity index is 813. The molecule has 1 aromatic rings. The SMILES string of the molecule is CC(C)CC(NC(=O)C(N)CCCCN)C(=O)NC(C(=O)NC(Cc1cnc[nH]1)C(=O)O)C(C)C. The largest absolute Gasteiger partial charge is 0.480 e. The van der Waals surface area contributed by atoms with E-state index in [1.165, 1.54) is 12.5 Å². The van der Waals surface area contributed by atoms with Crippen molar-refractivity contribution in [1.82, 2.24) is 25.9 Å². The molecule has 1 heterocycles. The average Bonchev–Trinajstić information content (AvgIpc) is 3.28. The molecule has 3 amide bonds. The molecule has 0 bridgehead atoms. The standard InChI is InChI=1S/C23H41N7O5/c1-13(2)9-17(28-20(31)16(25)7-5-6-8-24)21(32)30-19(14(3)4)22(33)29-18(23(34)35)10-15-11-26-12-27-15/h11-14,16-19H,5-10,24-25H2,1-4H3,(H,26,27)(H,28,31)(H,29,33)(H,30,32)(H,34,35). The Morgan fingerprint density at radius 1 is 1.00 bits per heavy atom. The second-order valence-electron chi connectivity index (χ2n) is 9.49. The van der Waals surface area contributed by atoms with Crippen LogP contribution in [0.2, 0.25) is 0 Å². The Morgan fingerprint density at radius 3 is 2.17 bits per heavy atom. The van der Waals surface area contributed by atoms with Crippen LogP contribution in [0.3, 0.4) is 0 Å². The summed E-state index contributed by atoms with van der Waals surface area (Å²) in [7, 11) is 0. The van der Waals surface area contributed by atoms with Gasteiger partial charge in [-0.05, 0) is 37.6 Å². The van der Waals surface area contributed by atoms with Crippen molar-refractivity contribution in [2.24, 2.45) is 23.3 Å². The Kier molecular flexibility index (Phi) is 13.0. The highest BCUT2D eigenvalue weighted by molar-refractivity contribution is 5.94. The number of amides is 3. The van der Waals surface area contributed by atoms with E-state index >= 15 is 0 Å². The smallest absolute Gasteiger partial charge is 0.326 e. The quantitative estimate of drug-likeness (QED) is 0.150. The summed E-state index contributed by atoms with van der Waals surface area (Å²) >= 11 is 0. The van der Waals surface area contributed by atoms with E-state index in [1.54, 1.807) is 13.8 Å². The number of H-pyrrole nitrogens is 1. The highest BCUT2D eigenvalue weighted by Gasteiger charge is 2.32. The Morgan fingerprint density at radius 2 is 1.66 bits per heavy atom. The monoisotopic (exact) mass is 495 g/mol. The number of unbranched alkanes of at least 4 members (excludes halogenated alkanes) is 1. The van der Waals surface area contributed by atoms with E-state index in [1.807, 2.05) is 13.8 Å². The number of aromatic amines is 1. The highest BCUT2D eigenvalue weighted by atomic mass is 16.4. The first kappa shape index (κ1) is 30.0. The lowest BCUT2D eigenvalue weighted by Crippen LogP contribution is -2.58. The maximum absolute atomic E-state index is 13.1. The van der Waals surface area contributed by atoms with Crippen molar-refractivity contribution < 1.29 is 24.3 Å². The number of carbonyl (C=O) groups excluding carboxylic acids is 3. The number of carboxylic acid groups (broad SMARTS) is 1. The molecule has 0 saturated heterocycles. The fraction of sp³-hybridized carbons (Fsp3) is 0.696. The maximum atomic E-state index is 13.1. The molecule has 0 radical (unpaired) electrons. The van der Waals surface area contributed by atoms with Gasteiger partial charge in [0.1, 0.15) is 18.1 Å². The van der Waals surface area contributed by atoms with Gasteiger partial charge in [-0.3, -0.25) is 14.4 Å². The van der Waals surface area contributed by atoms with Gasteiger partial charge < -0.3 is 37.5 Å². The van der Waals surface area contributed by atoms with Gasteiger partial charge in [0.25, 0.3) is 0 Å². The molecule has 0 spiro atoms. The van der Waals surface area contributed by atoms with Crippen LogP contribution < -0.4 is 27.4 Å². The molecule has 12 heteroatoms. The minimum absolute atomic E-state index is 0.00785. The van der Waals surface area contributed by atoms with Crippen LogP contribution in [-0.4, -0.2) is 69.5 Å². The highest BCUT2D eigenvalue weighted by Crippen LogP contribution is 2.10. The molecule has 0 aliphatic heterocycles. The molecule has 12 nitrogen and oxygen atoms in total. The number of carboxylic acids is 1. The predicted molar refractivity (Wildman–Crippen MR) is 131 cm³/mol. The molecule has 1 aromatic heterocycles. The van der Waals surface area contributed by atoms with Gasteiger partial charge in [0.05, 0.1) is 12.4 Å². The van der Waals surface area contributed by atoms with Gasteiger partial charge >= 0.3 is 5.97 Å². The second kappa shape index (κ2) is 15.1. The molecule has 0 saturated carbocycles. The van der Waals surface area contributed by atoms with Crippen LogP contribution in [-0.2, 0) is 25.6 Å². The Balaban J connectivity index is 2.88. The van der Waals surface area contributed by atoms with Crippen molar-refractivity contribution in [3.05, 3.63) is 18.2 Å². The number of rotatable bonds is 16. The second-order valence-corrected chi connectivity index (χ2v) is 9.49. The summed E-state index contributed by atoms with van der Waals surface area (Å²) in [5.41, 5.74) is 12.0. The zero-order chi connectivity index (χ0) is 26.5. The third kappa shape index (κ3) is 10.9. The summed E-state index contributed by atoms with van der Waals surface area (Å²) in [5.74, 6) is -3.08. The average molecular weight is 496 g/mol. The third-order valence-electron chi connectivity index (χ3n) is 5.49. The van der Waals surface area contributed by atoms with Crippen LogP contribution in [0, 0.1) is 11.8 Å². The van der Waals surface area contributed by atoms with Gasteiger partial charge in [0.15, 0.2) is 0 Å². The summed E-state index contributed by atoms with van der Waals surface area (Å²) in [5, 5.41) is 17.4. The molecule has 0 aliphatic rings. The lowest BCUT2D eigenvalue weighted by Gasteiger charge is -2.27. The number of imidazole rings is 1. The van der Waals surface area contributed by atoms with Crippen LogP contribution >= 0.6 is 0 Å². The first-order valence-corrected chi connectivity index (χ1v) is 12.0. The summed E-state index contributed by atoms with van der Waals surface area (Å²) in [6.45, 7) is 7.80. The number of aliphatic carboxylic acids is 1. The summed E-state index contributed by atoms with van der Waals surface area (Å²) in [6.07, 6.45) is 5.14. The van der Waals surface area contributed by atoms with Gasteiger partial charge in [-0.15, -0.1) is 0 Å². The molecule has 9 N–H and O–H groups in total. The van der Waals surface area contributed by atoms with Gasteiger partial charge in [-0.1, -0.05) is 34.1 Å². The van der Waals surface area contributed by atoms with E-state index in [4.69, 9.17) is 11.5 Å². The lowest BCUT2D eigenvalue weighted by atomic mass is 9.99. The maximum Gasteiger partial charge on any atom is 0.326 e. The molecule has 4 unspecified atom stereocenters. The van der Waals surface area contributed by atoms with E-state index < -0.39 is 47.9 Å². The Hall–Kier alpha value is -2.99. The zero-order valence-electron chi connectivity index (χ0n) is 21.0. The van der Waals surface area contributed by atoms with Crippen molar-refractivity contribution >= 4 is 23.7 Å². The van der Waals surface area contributed by atoms with Crippen molar-refractivity contribution in [2.45, 2.75) is 84.0 Å². The number of nitrogens with one attached hydrogen (secondary N) is 4. The number of hydrogen-bond acceptors (Lipinski definition) is 7. The van der Waals surface area contributed by atoms with Crippen LogP contribution in [0.5, 0.6) is 0 Å². The zero-order valence-corrected chi connectivity index (χ0v) is 21.0. The van der Waals surface area contributed by atoms with Crippen LogP contribution in [0.1, 0.15) is 59.1 Å². The number of carbonyl (C=O) groups is 4. The van der Waals surface area contributed by atoms with Crippen molar-refractivity contribution in [3.63, 3.8) is 0 Å². The van der Waals surface area contributed by atoms with Crippen molar-refractivity contribution in [2.75, 3.05) is 6.54 Å². The van der Waals surface area contributed by atoms with Crippen molar-refractivity contribution in [3.8, 4) is 0 Å². The number of hydrogen-bond donors (Lipinski definition) is 7. The van der Waals surface area contributed by atoms with Crippen LogP contribution in [0.15, 0.2) is 12.5 Å². The summed E-state index contributed by atoms with van der Waals surface area (Å²) in [4.78, 5) is 56.9. The van der Waals surface area contributed by atoms with E-state index in [2.05, 4.69) is 25.9 Å². The fourth-order valence-electron chi connectivity index (χ4n) is 3.49. The normalized spacial score (nSPS) is 14.7. The topological polar surface area (TPSA) is 205 Å². The van der Waals surface area contributed by atoms with Gasteiger partial charge in [-0.25, -0.2) is 9.78 Å². The molecule has 0 aliphatic carbocycles. The molecule has 0 fully saturated rings. The minimum Gasteiger partial charge on any atom is -0.480 e. The van der Waals surface area contributed by atoms with Gasteiger partial charge in [-0.2, -0.15) is 0 Å². The first-order valence-electron chi connectivity index (χ1n) is 12.0. The lowest BCUT2D eigenvalue weighted by molar-refractivity contribution is -0.142. The van der Waals surface area contributed by atoms with Gasteiger partial charge in [0.2, 0.25) is 17.7 Å². The number of nitrogens with two attached hydrogens (primary N) is 2. The van der Waals surface area contributed by atoms with E-state index in [0.29, 0.717) is 31.5 Å². The minimum atomic E-state index is -1.21. The molecule has 0 aromatic carbocycles. The molecule has 35 heavy (non-hydrogen) atoms. The first-order chi connectivity index (χ1) is 16.5. The number of aromatic nitrogens is 2. The summed E-state index contributed by atoms with van der Waals surface area (Å²) < 4.78 is 0. The molecule has 1 rings (SSSR count). The predicted octanol–water partition coefficient (Wildman–Crippen LogP) is -0.350. The van der Waals surface area contributed by atoms with E-state index in [9.17, 15) is 24.3 Å². The third-order valence-corrected chi connectivity index (χ3v) is 5.49. The van der Waals surface area contributed by atoms with E-state index in [-0.39, 0.29) is 18.3 Å². The number of nitrogens with zero attached hydrogens (tertiary/aromatic N) is 1. The van der Waals surface area contributed by atoms with Crippen LogP contribution in [0.25, 0.3) is 0 Å². The molecule has 198 valence electrons. The molecular weight excluding hydrogens is 454 g/mol. The van der Waals surface area contributed by atoms with Crippen LogP contribution in [0.4, 0.5) is 0 Å². The fourth-order valence-corrected chi connectivity index (χ4v) is 3.49. The van der Waals surface area contributed by atoms with E-state index in [0.717, 1.165) is 6.42 Å². The Labute approximate surface area is 206 Å². The van der Waals surface area contributed by atoms with Gasteiger partial charge in [0, 0.05) is 18.3 Å². The summed E-state index contributed by atoms with van der Waals surface area (Å²) in [6, 6.07) is -3.88. The molecule has 4 atom stereocenters. The molecular formula is C23H41N7O5. The van der Waals surface area contributed by atoms with Crippen molar-refractivity contribution in [1.29, 1.82) is 0 Å².